The van der Waals surface area contributed by atoms with Gasteiger partial charge in [-0.1, -0.05) is 11.6 Å². The lowest BCUT2D eigenvalue weighted by molar-refractivity contribution is 0.273. The summed E-state index contributed by atoms with van der Waals surface area (Å²) in [6.07, 6.45) is 1.64. The SMILES string of the molecule is O=S(=O)(c1c(Cl)nc2sccn12)N1CCn2nc(CO)cc2C1. The average molecular weight is 374 g/mol. The minimum Gasteiger partial charge on any atom is -0.390 e. The Hall–Kier alpha value is -1.46. The fraction of sp³-hybridized carbons (Fsp3) is 0.333. The van der Waals surface area contributed by atoms with Gasteiger partial charge in [0.05, 0.1) is 31.1 Å². The third-order valence-electron chi connectivity index (χ3n) is 3.74. The van der Waals surface area contributed by atoms with Gasteiger partial charge in [-0.3, -0.25) is 9.08 Å². The molecular weight excluding hydrogens is 362 g/mol. The van der Waals surface area contributed by atoms with Crippen LogP contribution >= 0.6 is 22.9 Å². The number of rotatable bonds is 3. The number of sulfonamides is 1. The van der Waals surface area contributed by atoms with Crippen molar-refractivity contribution in [2.75, 3.05) is 6.54 Å². The summed E-state index contributed by atoms with van der Waals surface area (Å²) in [7, 11) is -3.78. The summed E-state index contributed by atoms with van der Waals surface area (Å²) >= 11 is 7.38. The van der Waals surface area contributed by atoms with Crippen LogP contribution in [0.2, 0.25) is 5.15 Å². The molecular formula is C12H12ClN5O3S2. The number of aliphatic hydroxyl groups excluding tert-OH is 1. The van der Waals surface area contributed by atoms with Crippen LogP contribution in [0.15, 0.2) is 22.7 Å². The summed E-state index contributed by atoms with van der Waals surface area (Å²) < 4.78 is 30.5. The van der Waals surface area contributed by atoms with E-state index < -0.39 is 10.0 Å². The molecule has 3 aromatic heterocycles. The second-order valence-electron chi connectivity index (χ2n) is 5.11. The molecule has 0 aromatic carbocycles. The molecule has 0 atom stereocenters. The van der Waals surface area contributed by atoms with Crippen molar-refractivity contribution in [3.05, 3.63) is 34.2 Å². The van der Waals surface area contributed by atoms with Crippen LogP contribution < -0.4 is 0 Å². The second-order valence-corrected chi connectivity index (χ2v) is 8.19. The van der Waals surface area contributed by atoms with Gasteiger partial charge in [-0.25, -0.2) is 13.4 Å². The topological polar surface area (TPSA) is 92.7 Å². The molecule has 0 saturated heterocycles. The van der Waals surface area contributed by atoms with E-state index >= 15 is 0 Å². The molecule has 8 nitrogen and oxygen atoms in total. The minimum atomic E-state index is -3.78. The Bertz CT molecular complexity index is 990. The van der Waals surface area contributed by atoms with E-state index in [4.69, 9.17) is 16.7 Å². The van der Waals surface area contributed by atoms with Gasteiger partial charge in [-0.2, -0.15) is 9.40 Å². The van der Waals surface area contributed by atoms with E-state index in [1.807, 2.05) is 0 Å². The molecule has 0 radical (unpaired) electrons. The highest BCUT2D eigenvalue weighted by Crippen LogP contribution is 2.29. The van der Waals surface area contributed by atoms with E-state index in [0.717, 1.165) is 5.69 Å². The first-order valence-corrected chi connectivity index (χ1v) is 9.48. The normalized spacial score (nSPS) is 16.1. The average Bonchev–Trinajstić information content (AvgIpc) is 3.18. The first kappa shape index (κ1) is 15.1. The number of imidazole rings is 1. The van der Waals surface area contributed by atoms with E-state index in [2.05, 4.69) is 10.1 Å². The maximum Gasteiger partial charge on any atom is 0.262 e. The largest absolute Gasteiger partial charge is 0.390 e. The van der Waals surface area contributed by atoms with Crippen molar-refractivity contribution in [3.8, 4) is 0 Å². The van der Waals surface area contributed by atoms with Gasteiger partial charge in [0, 0.05) is 18.1 Å². The molecule has 11 heteroatoms. The highest BCUT2D eigenvalue weighted by molar-refractivity contribution is 7.89. The number of halogens is 1. The maximum absolute atomic E-state index is 13.0. The van der Waals surface area contributed by atoms with Gasteiger partial charge in [0.2, 0.25) is 0 Å². The predicted molar refractivity (Wildman–Crippen MR) is 83.8 cm³/mol. The monoisotopic (exact) mass is 373 g/mol. The fourth-order valence-corrected chi connectivity index (χ4v) is 5.48. The molecule has 4 heterocycles. The summed E-state index contributed by atoms with van der Waals surface area (Å²) in [6, 6.07) is 1.71. The molecule has 4 rings (SSSR count). The minimum absolute atomic E-state index is 0.00855. The van der Waals surface area contributed by atoms with Crippen molar-refractivity contribution < 1.29 is 13.5 Å². The molecule has 0 aliphatic carbocycles. The Morgan fingerprint density at radius 2 is 2.22 bits per heavy atom. The van der Waals surface area contributed by atoms with Crippen LogP contribution in [0.1, 0.15) is 11.4 Å². The Labute approximate surface area is 140 Å². The summed E-state index contributed by atoms with van der Waals surface area (Å²) in [5.74, 6) is 0. The van der Waals surface area contributed by atoms with Crippen LogP contribution in [0.25, 0.3) is 4.96 Å². The number of thiazole rings is 1. The van der Waals surface area contributed by atoms with E-state index in [0.29, 0.717) is 17.2 Å². The molecule has 1 aliphatic heterocycles. The van der Waals surface area contributed by atoms with Crippen molar-refractivity contribution in [1.29, 1.82) is 0 Å². The first-order chi connectivity index (χ1) is 11.0. The first-order valence-electron chi connectivity index (χ1n) is 6.78. The number of nitrogens with zero attached hydrogens (tertiary/aromatic N) is 5. The second kappa shape index (κ2) is 5.28. The van der Waals surface area contributed by atoms with Crippen LogP contribution in [-0.4, -0.2) is 43.5 Å². The van der Waals surface area contributed by atoms with Gasteiger partial charge in [-0.05, 0) is 6.07 Å². The molecule has 1 N–H and O–H groups in total. The smallest absolute Gasteiger partial charge is 0.262 e. The fourth-order valence-electron chi connectivity index (χ4n) is 2.68. The van der Waals surface area contributed by atoms with E-state index in [1.54, 1.807) is 22.3 Å². The Morgan fingerprint density at radius 1 is 1.39 bits per heavy atom. The summed E-state index contributed by atoms with van der Waals surface area (Å²) in [5.41, 5.74) is 1.27. The van der Waals surface area contributed by atoms with Crippen LogP contribution in [0.4, 0.5) is 0 Å². The van der Waals surface area contributed by atoms with Crippen molar-refractivity contribution in [1.82, 2.24) is 23.5 Å². The van der Waals surface area contributed by atoms with Gasteiger partial charge in [-0.15, -0.1) is 11.3 Å². The molecule has 0 fully saturated rings. The molecule has 0 saturated carbocycles. The van der Waals surface area contributed by atoms with Gasteiger partial charge in [0.15, 0.2) is 15.1 Å². The number of hydrogen-bond acceptors (Lipinski definition) is 6. The zero-order valence-corrected chi connectivity index (χ0v) is 14.1. The number of aromatic nitrogens is 4. The molecule has 23 heavy (non-hydrogen) atoms. The van der Waals surface area contributed by atoms with Gasteiger partial charge in [0.25, 0.3) is 10.0 Å². The molecule has 1 aliphatic rings. The lowest BCUT2D eigenvalue weighted by Gasteiger charge is -2.26. The van der Waals surface area contributed by atoms with Gasteiger partial charge < -0.3 is 5.11 Å². The van der Waals surface area contributed by atoms with Gasteiger partial charge >= 0.3 is 0 Å². The van der Waals surface area contributed by atoms with Crippen LogP contribution in [0.5, 0.6) is 0 Å². The number of aliphatic hydroxyl groups is 1. The molecule has 0 spiro atoms. The maximum atomic E-state index is 13.0. The third-order valence-corrected chi connectivity index (χ3v) is 6.74. The van der Waals surface area contributed by atoms with E-state index in [9.17, 15) is 8.42 Å². The van der Waals surface area contributed by atoms with Crippen molar-refractivity contribution in [2.45, 2.75) is 24.7 Å². The van der Waals surface area contributed by atoms with Crippen LogP contribution in [0, 0.1) is 0 Å². The molecule has 3 aromatic rings. The zero-order valence-electron chi connectivity index (χ0n) is 11.8. The molecule has 0 unspecified atom stereocenters. The van der Waals surface area contributed by atoms with Crippen molar-refractivity contribution in [2.24, 2.45) is 0 Å². The van der Waals surface area contributed by atoms with E-state index in [-0.39, 0.29) is 29.9 Å². The Balaban J connectivity index is 1.75. The van der Waals surface area contributed by atoms with E-state index in [1.165, 1.54) is 20.0 Å². The lowest BCUT2D eigenvalue weighted by atomic mass is 10.3. The number of fused-ring (bicyclic) bond motifs is 2. The number of hydrogen-bond donors (Lipinski definition) is 1. The highest BCUT2D eigenvalue weighted by Gasteiger charge is 2.34. The Kier molecular flexibility index (Phi) is 3.46. The van der Waals surface area contributed by atoms with Crippen LogP contribution in [0.3, 0.4) is 0 Å². The standard InChI is InChI=1S/C12H12ClN5O3S2/c13-10-11(17-3-4-22-12(17)14-10)23(20,21)16-1-2-18-9(6-16)5-8(7-19)15-18/h3-5,19H,1-2,6-7H2. The predicted octanol–water partition coefficient (Wildman–Crippen LogP) is 0.942. The highest BCUT2D eigenvalue weighted by atomic mass is 35.5. The van der Waals surface area contributed by atoms with Crippen LogP contribution in [-0.2, 0) is 29.7 Å². The molecule has 0 bridgehead atoms. The third kappa shape index (κ3) is 2.29. The summed E-state index contributed by atoms with van der Waals surface area (Å²) in [4.78, 5) is 4.63. The van der Waals surface area contributed by atoms with Crippen molar-refractivity contribution in [3.63, 3.8) is 0 Å². The molecule has 0 amide bonds. The van der Waals surface area contributed by atoms with Crippen molar-refractivity contribution >= 4 is 37.9 Å². The lowest BCUT2D eigenvalue weighted by Crippen LogP contribution is -2.38. The van der Waals surface area contributed by atoms with Gasteiger partial charge in [0.1, 0.15) is 0 Å². The summed E-state index contributed by atoms with van der Waals surface area (Å²) in [6.45, 7) is 0.729. The molecule has 122 valence electrons. The summed E-state index contributed by atoms with van der Waals surface area (Å²) in [5, 5.41) is 15.1. The Morgan fingerprint density at radius 3 is 3.00 bits per heavy atom. The zero-order chi connectivity index (χ0) is 16.2. The quantitative estimate of drug-likeness (QED) is 0.737.